The summed E-state index contributed by atoms with van der Waals surface area (Å²) in [6.07, 6.45) is 3.29. The lowest BCUT2D eigenvalue weighted by Gasteiger charge is -2.18. The first-order valence-corrected chi connectivity index (χ1v) is 8.98. The van der Waals surface area contributed by atoms with Gasteiger partial charge in [-0.05, 0) is 37.5 Å². The third-order valence-corrected chi connectivity index (χ3v) is 5.90. The first-order valence-electron chi connectivity index (χ1n) is 7.49. The number of benzene rings is 1. The lowest BCUT2D eigenvalue weighted by Crippen LogP contribution is -2.40. The van der Waals surface area contributed by atoms with Crippen LogP contribution in [-0.2, 0) is 14.8 Å². The van der Waals surface area contributed by atoms with Gasteiger partial charge in [0.2, 0.25) is 10.0 Å². The number of aliphatic carboxylic acids is 1. The van der Waals surface area contributed by atoms with Gasteiger partial charge in [0.1, 0.15) is 4.90 Å². The van der Waals surface area contributed by atoms with Gasteiger partial charge >= 0.3 is 5.97 Å². The number of rotatable bonds is 4. The third kappa shape index (κ3) is 2.94. The van der Waals surface area contributed by atoms with Crippen LogP contribution in [0.4, 0.5) is 0 Å². The fraction of sp³-hybridized carbons (Fsp3) is 0.375. The van der Waals surface area contributed by atoms with E-state index in [1.165, 1.54) is 6.07 Å². The minimum absolute atomic E-state index is 0.0924. The first-order chi connectivity index (χ1) is 10.9. The molecule has 1 heterocycles. The molecule has 0 amide bonds. The summed E-state index contributed by atoms with van der Waals surface area (Å²) in [5.74, 6) is -1.63. The van der Waals surface area contributed by atoms with Gasteiger partial charge in [0.05, 0.1) is 11.4 Å². The molecule has 23 heavy (non-hydrogen) atoms. The highest BCUT2D eigenvalue weighted by Gasteiger charge is 2.36. The van der Waals surface area contributed by atoms with Crippen LogP contribution in [0.5, 0.6) is 0 Å². The van der Waals surface area contributed by atoms with Crippen LogP contribution in [0.15, 0.2) is 35.4 Å². The van der Waals surface area contributed by atoms with Crippen LogP contribution in [0.25, 0.3) is 10.9 Å². The topological polar surface area (TPSA) is 96.4 Å². The zero-order chi connectivity index (χ0) is 16.6. The highest BCUT2D eigenvalue weighted by Crippen LogP contribution is 2.29. The number of aromatic nitrogens is 1. The van der Waals surface area contributed by atoms with Gasteiger partial charge in [-0.15, -0.1) is 0 Å². The summed E-state index contributed by atoms with van der Waals surface area (Å²) < 4.78 is 28.0. The van der Waals surface area contributed by atoms with Gasteiger partial charge in [0.15, 0.2) is 0 Å². The predicted molar refractivity (Wildman–Crippen MR) is 85.6 cm³/mol. The summed E-state index contributed by atoms with van der Waals surface area (Å²) in [7, 11) is -3.83. The van der Waals surface area contributed by atoms with E-state index in [0.717, 1.165) is 10.9 Å². The fourth-order valence-electron chi connectivity index (χ4n) is 3.17. The van der Waals surface area contributed by atoms with Crippen LogP contribution in [0.3, 0.4) is 0 Å². The van der Waals surface area contributed by atoms with Gasteiger partial charge in [-0.3, -0.25) is 9.78 Å². The zero-order valence-corrected chi connectivity index (χ0v) is 13.5. The molecule has 0 saturated heterocycles. The smallest absolute Gasteiger partial charge is 0.308 e. The van der Waals surface area contributed by atoms with Crippen molar-refractivity contribution in [1.82, 2.24) is 9.71 Å². The molecule has 122 valence electrons. The third-order valence-electron chi connectivity index (χ3n) is 4.38. The Morgan fingerprint density at radius 1 is 1.30 bits per heavy atom. The van der Waals surface area contributed by atoms with E-state index in [1.54, 1.807) is 18.3 Å². The highest BCUT2D eigenvalue weighted by molar-refractivity contribution is 7.89. The number of carboxylic acid groups (broad SMARTS) is 1. The maximum atomic E-state index is 12.7. The predicted octanol–water partition coefficient (Wildman–Crippen LogP) is 2.07. The molecule has 1 aromatic carbocycles. The second-order valence-corrected chi connectivity index (χ2v) is 7.57. The van der Waals surface area contributed by atoms with E-state index in [-0.39, 0.29) is 4.90 Å². The number of pyridine rings is 1. The molecular weight excluding hydrogens is 316 g/mol. The van der Waals surface area contributed by atoms with Gasteiger partial charge in [0.25, 0.3) is 0 Å². The molecule has 1 fully saturated rings. The number of hydrogen-bond acceptors (Lipinski definition) is 4. The minimum atomic E-state index is -3.83. The molecule has 0 radical (unpaired) electrons. The molecule has 6 nitrogen and oxygen atoms in total. The monoisotopic (exact) mass is 334 g/mol. The Kier molecular flexibility index (Phi) is 4.08. The first kappa shape index (κ1) is 15.9. The summed E-state index contributed by atoms with van der Waals surface area (Å²) >= 11 is 0. The summed E-state index contributed by atoms with van der Waals surface area (Å²) in [5.41, 5.74) is 1.35. The van der Waals surface area contributed by atoms with Crippen LogP contribution in [0.2, 0.25) is 0 Å². The van der Waals surface area contributed by atoms with Crippen LogP contribution in [-0.4, -0.2) is 30.5 Å². The number of nitrogens with one attached hydrogen (secondary N) is 1. The second kappa shape index (κ2) is 5.90. The molecule has 0 unspecified atom stereocenters. The molecule has 2 aromatic rings. The molecule has 1 aliphatic carbocycles. The van der Waals surface area contributed by atoms with Crippen molar-refractivity contribution < 1.29 is 18.3 Å². The number of nitrogens with zero attached hydrogens (tertiary/aromatic N) is 1. The Bertz CT molecular complexity index is 864. The zero-order valence-electron chi connectivity index (χ0n) is 12.7. The van der Waals surface area contributed by atoms with Crippen molar-refractivity contribution in [1.29, 1.82) is 0 Å². The molecule has 0 aliphatic heterocycles. The van der Waals surface area contributed by atoms with Crippen molar-refractivity contribution in [2.45, 2.75) is 37.1 Å². The quantitative estimate of drug-likeness (QED) is 0.892. The van der Waals surface area contributed by atoms with Crippen molar-refractivity contribution in [2.24, 2.45) is 5.92 Å². The number of aryl methyl sites for hydroxylation is 1. The van der Waals surface area contributed by atoms with Crippen molar-refractivity contribution in [3.05, 3.63) is 36.0 Å². The average molecular weight is 334 g/mol. The molecule has 7 heteroatoms. The number of sulfonamides is 1. The van der Waals surface area contributed by atoms with Gasteiger partial charge in [-0.2, -0.15) is 0 Å². The molecule has 1 aliphatic rings. The van der Waals surface area contributed by atoms with E-state index in [2.05, 4.69) is 9.71 Å². The number of carboxylic acids is 1. The number of hydrogen-bond donors (Lipinski definition) is 2. The lowest BCUT2D eigenvalue weighted by molar-refractivity contribution is -0.141. The Labute approximate surface area is 134 Å². The Balaban J connectivity index is 2.01. The highest BCUT2D eigenvalue weighted by atomic mass is 32.2. The summed E-state index contributed by atoms with van der Waals surface area (Å²) in [6.45, 7) is 1.89. The van der Waals surface area contributed by atoms with Gasteiger partial charge in [-0.25, -0.2) is 13.1 Å². The minimum Gasteiger partial charge on any atom is -0.481 e. The van der Waals surface area contributed by atoms with E-state index in [1.807, 2.05) is 13.0 Å². The molecule has 2 N–H and O–H groups in total. The van der Waals surface area contributed by atoms with Crippen LogP contribution < -0.4 is 4.72 Å². The number of fused-ring (bicyclic) bond motifs is 1. The van der Waals surface area contributed by atoms with Gasteiger partial charge in [-0.1, -0.05) is 18.6 Å². The van der Waals surface area contributed by atoms with Crippen molar-refractivity contribution >= 4 is 26.9 Å². The van der Waals surface area contributed by atoms with E-state index in [9.17, 15) is 18.3 Å². The molecule has 3 rings (SSSR count). The average Bonchev–Trinajstić information content (AvgIpc) is 2.95. The van der Waals surface area contributed by atoms with E-state index in [4.69, 9.17) is 0 Å². The molecule has 1 saturated carbocycles. The van der Waals surface area contributed by atoms with Gasteiger partial charge < -0.3 is 5.11 Å². The maximum Gasteiger partial charge on any atom is 0.308 e. The molecule has 0 spiro atoms. The summed E-state index contributed by atoms with van der Waals surface area (Å²) in [4.78, 5) is 15.5. The largest absolute Gasteiger partial charge is 0.481 e. The second-order valence-electron chi connectivity index (χ2n) is 5.88. The summed E-state index contributed by atoms with van der Waals surface area (Å²) in [6, 6.07) is 6.28. The van der Waals surface area contributed by atoms with E-state index in [0.29, 0.717) is 24.8 Å². The maximum absolute atomic E-state index is 12.7. The van der Waals surface area contributed by atoms with E-state index >= 15 is 0 Å². The number of carbonyl (C=O) groups is 1. The Hall–Kier alpha value is -1.99. The Morgan fingerprint density at radius 3 is 2.83 bits per heavy atom. The molecular formula is C16H18N2O4S. The van der Waals surface area contributed by atoms with Crippen LogP contribution >= 0.6 is 0 Å². The fourth-order valence-corrected chi connectivity index (χ4v) is 4.64. The van der Waals surface area contributed by atoms with Crippen molar-refractivity contribution in [2.75, 3.05) is 0 Å². The van der Waals surface area contributed by atoms with Crippen LogP contribution in [0.1, 0.15) is 24.8 Å². The van der Waals surface area contributed by atoms with Gasteiger partial charge in [0, 0.05) is 17.6 Å². The normalized spacial score (nSPS) is 21.6. The lowest BCUT2D eigenvalue weighted by atomic mass is 10.1. The molecule has 0 bridgehead atoms. The standard InChI is InChI=1S/C16H18N2O4S/c1-10-7-8-14(15-11(10)5-3-9-17-15)23(21,22)18-13-6-2-4-12(13)16(19)20/h3,5,7-9,12-13,18H,2,4,6H2,1H3,(H,19,20)/t12-,13-/m1/s1. The molecule has 1 aromatic heterocycles. The SMILES string of the molecule is Cc1ccc(S(=O)(=O)N[C@@H]2CCC[C@H]2C(=O)O)c2ncccc12. The van der Waals surface area contributed by atoms with Crippen LogP contribution in [0, 0.1) is 12.8 Å². The van der Waals surface area contributed by atoms with Crippen molar-refractivity contribution in [3.8, 4) is 0 Å². The van der Waals surface area contributed by atoms with E-state index < -0.39 is 28.0 Å². The molecule has 2 atom stereocenters. The van der Waals surface area contributed by atoms with Crippen molar-refractivity contribution in [3.63, 3.8) is 0 Å². The summed E-state index contributed by atoms with van der Waals surface area (Å²) in [5, 5.41) is 9.99. The Morgan fingerprint density at radius 2 is 2.09 bits per heavy atom.